The van der Waals surface area contributed by atoms with Gasteiger partial charge in [-0.2, -0.15) is 0 Å². The van der Waals surface area contributed by atoms with Crippen molar-refractivity contribution in [2.45, 2.75) is 6.43 Å². The average Bonchev–Trinajstić information content (AvgIpc) is 2.41. The minimum atomic E-state index is -2.73. The number of nitrogens with two attached hydrogens (primary N) is 1. The molecule has 0 saturated heterocycles. The standard InChI is InChI=1S/C11H9F2N5O/c12-10(13)6-2-1-3-7(17-6)11(19)18-9-5-15-8(14)4-16-9/h1-5,10H,(H2,14,15)(H,16,18,19). The number of hydrogen-bond donors (Lipinski definition) is 2. The normalized spacial score (nSPS) is 10.5. The highest BCUT2D eigenvalue weighted by atomic mass is 19.3. The molecular formula is C11H9F2N5O. The number of nitrogen functional groups attached to an aromatic ring is 1. The van der Waals surface area contributed by atoms with Gasteiger partial charge in [0.05, 0.1) is 12.4 Å². The van der Waals surface area contributed by atoms with Crippen LogP contribution in [0.2, 0.25) is 0 Å². The number of amides is 1. The molecule has 8 heteroatoms. The Bertz CT molecular complexity index is 588. The minimum absolute atomic E-state index is 0.128. The van der Waals surface area contributed by atoms with Crippen molar-refractivity contribution >= 4 is 17.5 Å². The van der Waals surface area contributed by atoms with Gasteiger partial charge in [-0.1, -0.05) is 6.07 Å². The average molecular weight is 265 g/mol. The first-order valence-corrected chi connectivity index (χ1v) is 5.20. The summed E-state index contributed by atoms with van der Waals surface area (Å²) in [5.74, 6) is -0.291. The molecule has 0 aliphatic rings. The van der Waals surface area contributed by atoms with Gasteiger partial charge in [0.25, 0.3) is 12.3 Å². The van der Waals surface area contributed by atoms with Crippen LogP contribution in [0.5, 0.6) is 0 Å². The molecule has 2 heterocycles. The van der Waals surface area contributed by atoms with Gasteiger partial charge >= 0.3 is 0 Å². The van der Waals surface area contributed by atoms with Crippen LogP contribution in [-0.2, 0) is 0 Å². The van der Waals surface area contributed by atoms with Crippen LogP contribution in [0.15, 0.2) is 30.6 Å². The molecule has 0 aromatic carbocycles. The molecule has 2 aromatic rings. The molecule has 0 unspecified atom stereocenters. The van der Waals surface area contributed by atoms with E-state index in [1.807, 2.05) is 0 Å². The van der Waals surface area contributed by atoms with Crippen LogP contribution in [-0.4, -0.2) is 20.9 Å². The maximum atomic E-state index is 12.5. The van der Waals surface area contributed by atoms with E-state index >= 15 is 0 Å². The molecule has 0 fully saturated rings. The second-order valence-corrected chi connectivity index (χ2v) is 3.53. The summed E-state index contributed by atoms with van der Waals surface area (Å²) in [6.45, 7) is 0. The zero-order valence-electron chi connectivity index (χ0n) is 9.55. The number of carbonyl (C=O) groups excluding carboxylic acids is 1. The summed E-state index contributed by atoms with van der Waals surface area (Å²) in [6.07, 6.45) is -0.216. The fourth-order valence-electron chi connectivity index (χ4n) is 1.28. The monoisotopic (exact) mass is 265 g/mol. The number of halogens is 2. The molecule has 0 bridgehead atoms. The summed E-state index contributed by atoms with van der Waals surface area (Å²) >= 11 is 0. The molecule has 3 N–H and O–H groups in total. The summed E-state index contributed by atoms with van der Waals surface area (Å²) in [5.41, 5.74) is 4.75. The van der Waals surface area contributed by atoms with Crippen LogP contribution < -0.4 is 11.1 Å². The van der Waals surface area contributed by atoms with Crippen molar-refractivity contribution in [2.24, 2.45) is 0 Å². The number of anilines is 2. The van der Waals surface area contributed by atoms with E-state index < -0.39 is 18.0 Å². The first kappa shape index (κ1) is 12.8. The summed E-state index contributed by atoms with van der Waals surface area (Å²) in [5, 5.41) is 2.38. The van der Waals surface area contributed by atoms with E-state index in [2.05, 4.69) is 20.3 Å². The van der Waals surface area contributed by atoms with Crippen molar-refractivity contribution in [3.8, 4) is 0 Å². The van der Waals surface area contributed by atoms with E-state index in [4.69, 9.17) is 5.73 Å². The lowest BCUT2D eigenvalue weighted by atomic mass is 10.3. The van der Waals surface area contributed by atoms with Gasteiger partial charge in [-0.15, -0.1) is 0 Å². The second kappa shape index (κ2) is 5.34. The van der Waals surface area contributed by atoms with Crippen LogP contribution in [0.3, 0.4) is 0 Å². The number of nitrogens with one attached hydrogen (secondary N) is 1. The van der Waals surface area contributed by atoms with E-state index in [0.29, 0.717) is 0 Å². The maximum Gasteiger partial charge on any atom is 0.280 e. The lowest BCUT2D eigenvalue weighted by molar-refractivity contribution is 0.101. The highest BCUT2D eigenvalue weighted by molar-refractivity contribution is 6.02. The Balaban J connectivity index is 2.15. The SMILES string of the molecule is Nc1cnc(NC(=O)c2cccc(C(F)F)n2)cn1. The number of aromatic nitrogens is 3. The number of hydrogen-bond acceptors (Lipinski definition) is 5. The van der Waals surface area contributed by atoms with E-state index in [0.717, 1.165) is 6.07 Å². The Morgan fingerprint density at radius 1 is 1.26 bits per heavy atom. The fraction of sp³-hybridized carbons (Fsp3) is 0.0909. The molecule has 0 aliphatic carbocycles. The van der Waals surface area contributed by atoms with Crippen LogP contribution in [0, 0.1) is 0 Å². The summed E-state index contributed by atoms with van der Waals surface area (Å²) in [4.78, 5) is 22.8. The molecule has 6 nitrogen and oxygen atoms in total. The van der Waals surface area contributed by atoms with Crippen LogP contribution in [0.4, 0.5) is 20.4 Å². The van der Waals surface area contributed by atoms with Crippen molar-refractivity contribution in [2.75, 3.05) is 11.1 Å². The van der Waals surface area contributed by atoms with Gasteiger partial charge < -0.3 is 11.1 Å². The third kappa shape index (κ3) is 3.18. The van der Waals surface area contributed by atoms with Crippen molar-refractivity contribution < 1.29 is 13.6 Å². The Morgan fingerprint density at radius 2 is 2.05 bits per heavy atom. The summed E-state index contributed by atoms with van der Waals surface area (Å²) in [6, 6.07) is 3.80. The quantitative estimate of drug-likeness (QED) is 0.879. The van der Waals surface area contributed by atoms with Crippen molar-refractivity contribution in [1.29, 1.82) is 0 Å². The topological polar surface area (TPSA) is 93.8 Å². The highest BCUT2D eigenvalue weighted by Crippen LogP contribution is 2.16. The number of rotatable bonds is 3. The zero-order valence-corrected chi connectivity index (χ0v) is 9.55. The fourth-order valence-corrected chi connectivity index (χ4v) is 1.28. The third-order valence-corrected chi connectivity index (χ3v) is 2.14. The zero-order chi connectivity index (χ0) is 13.8. The first-order chi connectivity index (χ1) is 9.06. The first-order valence-electron chi connectivity index (χ1n) is 5.20. The molecular weight excluding hydrogens is 256 g/mol. The summed E-state index contributed by atoms with van der Waals surface area (Å²) in [7, 11) is 0. The highest BCUT2D eigenvalue weighted by Gasteiger charge is 2.13. The lowest BCUT2D eigenvalue weighted by Crippen LogP contribution is -2.15. The molecule has 0 aliphatic heterocycles. The van der Waals surface area contributed by atoms with Gasteiger partial charge in [-0.05, 0) is 12.1 Å². The minimum Gasteiger partial charge on any atom is -0.382 e. The molecule has 0 atom stereocenters. The molecule has 98 valence electrons. The van der Waals surface area contributed by atoms with E-state index in [1.165, 1.54) is 24.5 Å². The second-order valence-electron chi connectivity index (χ2n) is 3.53. The number of pyridine rings is 1. The predicted octanol–water partition coefficient (Wildman–Crippen LogP) is 1.64. The van der Waals surface area contributed by atoms with Gasteiger partial charge in [-0.25, -0.2) is 23.7 Å². The molecule has 19 heavy (non-hydrogen) atoms. The number of nitrogens with zero attached hydrogens (tertiary/aromatic N) is 3. The smallest absolute Gasteiger partial charge is 0.280 e. The third-order valence-electron chi connectivity index (χ3n) is 2.14. The largest absolute Gasteiger partial charge is 0.382 e. The van der Waals surface area contributed by atoms with Gasteiger partial charge in [0, 0.05) is 0 Å². The van der Waals surface area contributed by atoms with E-state index in [-0.39, 0.29) is 17.3 Å². The van der Waals surface area contributed by atoms with E-state index in [1.54, 1.807) is 0 Å². The predicted molar refractivity (Wildman–Crippen MR) is 63.6 cm³/mol. The van der Waals surface area contributed by atoms with Crippen LogP contribution in [0.25, 0.3) is 0 Å². The van der Waals surface area contributed by atoms with Crippen molar-refractivity contribution in [1.82, 2.24) is 15.0 Å². The molecule has 0 saturated carbocycles. The Labute approximate surface area is 106 Å². The Kier molecular flexibility index (Phi) is 3.60. The Hall–Kier alpha value is -2.64. The molecule has 0 radical (unpaired) electrons. The van der Waals surface area contributed by atoms with Crippen LogP contribution in [0.1, 0.15) is 22.6 Å². The van der Waals surface area contributed by atoms with Gasteiger partial charge in [-0.3, -0.25) is 4.79 Å². The lowest BCUT2D eigenvalue weighted by Gasteiger charge is -2.05. The van der Waals surface area contributed by atoms with Gasteiger partial charge in [0.1, 0.15) is 17.2 Å². The van der Waals surface area contributed by atoms with Gasteiger partial charge in [0.2, 0.25) is 0 Å². The molecule has 0 spiro atoms. The molecule has 2 aromatic heterocycles. The summed E-state index contributed by atoms with van der Waals surface area (Å²) < 4.78 is 24.9. The van der Waals surface area contributed by atoms with Crippen molar-refractivity contribution in [3.05, 3.63) is 42.0 Å². The maximum absolute atomic E-state index is 12.5. The number of alkyl halides is 2. The molecule has 1 amide bonds. The van der Waals surface area contributed by atoms with Crippen LogP contribution >= 0.6 is 0 Å². The van der Waals surface area contributed by atoms with Crippen molar-refractivity contribution in [3.63, 3.8) is 0 Å². The Morgan fingerprint density at radius 3 is 2.68 bits per heavy atom. The number of carbonyl (C=O) groups is 1. The molecule has 2 rings (SSSR count). The van der Waals surface area contributed by atoms with Gasteiger partial charge in [0.15, 0.2) is 5.82 Å². The van der Waals surface area contributed by atoms with E-state index in [9.17, 15) is 13.6 Å².